The summed E-state index contributed by atoms with van der Waals surface area (Å²) in [6, 6.07) is 11.7. The molecule has 0 atom stereocenters. The van der Waals surface area contributed by atoms with Gasteiger partial charge in [-0.25, -0.2) is 0 Å². The van der Waals surface area contributed by atoms with Crippen molar-refractivity contribution >= 4 is 17.5 Å². The maximum Gasteiger partial charge on any atom is 0.246 e. The maximum atomic E-state index is 12.5. The molecular formula is C21H25ClN2O. The Morgan fingerprint density at radius 3 is 2.28 bits per heavy atom. The van der Waals surface area contributed by atoms with Crippen LogP contribution in [0.1, 0.15) is 44.2 Å². The summed E-state index contributed by atoms with van der Waals surface area (Å²) < 4.78 is 0. The van der Waals surface area contributed by atoms with Crippen molar-refractivity contribution in [3.8, 4) is 0 Å². The lowest BCUT2D eigenvalue weighted by molar-refractivity contribution is -0.117. The van der Waals surface area contributed by atoms with Crippen molar-refractivity contribution in [3.63, 3.8) is 0 Å². The van der Waals surface area contributed by atoms with Gasteiger partial charge in [0.2, 0.25) is 5.91 Å². The molecule has 0 saturated heterocycles. The molecular weight excluding hydrogens is 332 g/mol. The van der Waals surface area contributed by atoms with Gasteiger partial charge < -0.3 is 5.32 Å². The molecule has 132 valence electrons. The van der Waals surface area contributed by atoms with Crippen molar-refractivity contribution in [1.82, 2.24) is 10.3 Å². The number of pyridine rings is 1. The van der Waals surface area contributed by atoms with Crippen molar-refractivity contribution < 1.29 is 4.79 Å². The van der Waals surface area contributed by atoms with E-state index in [9.17, 15) is 4.79 Å². The largest absolute Gasteiger partial charge is 0.348 e. The minimum Gasteiger partial charge on any atom is -0.348 e. The van der Waals surface area contributed by atoms with Crippen LogP contribution < -0.4 is 5.32 Å². The van der Waals surface area contributed by atoms with Crippen LogP contribution in [0.5, 0.6) is 0 Å². The van der Waals surface area contributed by atoms with Crippen LogP contribution in [0.4, 0.5) is 0 Å². The van der Waals surface area contributed by atoms with Gasteiger partial charge in [0.15, 0.2) is 0 Å². The highest BCUT2D eigenvalue weighted by Crippen LogP contribution is 2.38. The van der Waals surface area contributed by atoms with E-state index in [1.54, 1.807) is 12.4 Å². The quantitative estimate of drug-likeness (QED) is 0.672. The molecule has 1 heterocycles. The van der Waals surface area contributed by atoms with Crippen LogP contribution in [0.25, 0.3) is 0 Å². The Morgan fingerprint density at radius 2 is 1.72 bits per heavy atom. The number of hydrogen-bond donors (Lipinski definition) is 1. The smallest absolute Gasteiger partial charge is 0.246 e. The molecule has 0 aliphatic carbocycles. The molecule has 0 fully saturated rings. The molecule has 25 heavy (non-hydrogen) atoms. The Balaban J connectivity index is 2.06. The van der Waals surface area contributed by atoms with Crippen LogP contribution in [0.3, 0.4) is 0 Å². The van der Waals surface area contributed by atoms with E-state index >= 15 is 0 Å². The number of nitrogens with one attached hydrogen (secondary N) is 1. The summed E-state index contributed by atoms with van der Waals surface area (Å²) in [5, 5.41) is 3.66. The van der Waals surface area contributed by atoms with Gasteiger partial charge in [-0.3, -0.25) is 9.78 Å². The number of carbonyl (C=O) groups excluding carboxylic acids is 1. The number of amides is 1. The lowest BCUT2D eigenvalue weighted by atomic mass is 9.71. The van der Waals surface area contributed by atoms with Gasteiger partial charge in [0, 0.05) is 29.5 Å². The Bertz CT molecular complexity index is 706. The molecule has 1 aromatic carbocycles. The lowest BCUT2D eigenvalue weighted by Gasteiger charge is -2.33. The van der Waals surface area contributed by atoms with Crippen LogP contribution in [0.2, 0.25) is 5.02 Å². The highest BCUT2D eigenvalue weighted by atomic mass is 35.5. The third kappa shape index (κ3) is 4.93. The Morgan fingerprint density at radius 1 is 1.12 bits per heavy atom. The molecule has 0 saturated carbocycles. The molecule has 1 aromatic heterocycles. The van der Waals surface area contributed by atoms with Crippen molar-refractivity contribution in [2.75, 3.05) is 0 Å². The Hall–Kier alpha value is -2.13. The Kier molecular flexibility index (Phi) is 6.77. The third-order valence-corrected chi connectivity index (χ3v) is 5.14. The fourth-order valence-electron chi connectivity index (χ4n) is 3.11. The molecule has 0 spiro atoms. The first-order chi connectivity index (χ1) is 12.0. The first-order valence-corrected chi connectivity index (χ1v) is 8.99. The average molecular weight is 357 g/mol. The lowest BCUT2D eigenvalue weighted by Crippen LogP contribution is -2.31. The van der Waals surface area contributed by atoms with Crippen LogP contribution in [0.15, 0.2) is 60.9 Å². The molecule has 1 N–H and O–H groups in total. The van der Waals surface area contributed by atoms with Gasteiger partial charge in [0.05, 0.1) is 0 Å². The predicted molar refractivity (Wildman–Crippen MR) is 104 cm³/mol. The fourth-order valence-corrected chi connectivity index (χ4v) is 3.24. The molecule has 2 aromatic rings. The van der Waals surface area contributed by atoms with E-state index in [4.69, 9.17) is 11.6 Å². The molecule has 4 heteroatoms. The first-order valence-electron chi connectivity index (χ1n) is 8.61. The van der Waals surface area contributed by atoms with Crippen molar-refractivity contribution in [1.29, 1.82) is 0 Å². The molecule has 0 unspecified atom stereocenters. The summed E-state index contributed by atoms with van der Waals surface area (Å²) in [5.74, 6) is -0.1000. The van der Waals surface area contributed by atoms with Gasteiger partial charge in [-0.1, -0.05) is 44.2 Å². The topological polar surface area (TPSA) is 42.0 Å². The van der Waals surface area contributed by atoms with Crippen LogP contribution in [-0.4, -0.2) is 10.9 Å². The van der Waals surface area contributed by atoms with Gasteiger partial charge >= 0.3 is 0 Å². The predicted octanol–water partition coefficient (Wildman–Crippen LogP) is 5.06. The minimum absolute atomic E-state index is 0.1000. The van der Waals surface area contributed by atoms with Crippen molar-refractivity contribution in [2.45, 2.75) is 45.1 Å². The third-order valence-electron chi connectivity index (χ3n) is 4.89. The van der Waals surface area contributed by atoms with Crippen LogP contribution in [0, 0.1) is 0 Å². The normalized spacial score (nSPS) is 11.2. The SMILES string of the molecule is C=C(CC(CC)(CC)c1ccc(Cl)cc1)C(=O)NCc1ccncc1. The zero-order chi connectivity index (χ0) is 18.3. The second-order valence-electron chi connectivity index (χ2n) is 6.31. The summed E-state index contributed by atoms with van der Waals surface area (Å²) in [4.78, 5) is 16.4. The van der Waals surface area contributed by atoms with Gasteiger partial charge in [-0.15, -0.1) is 0 Å². The van der Waals surface area contributed by atoms with E-state index in [0.717, 1.165) is 23.4 Å². The summed E-state index contributed by atoms with van der Waals surface area (Å²) >= 11 is 6.02. The van der Waals surface area contributed by atoms with E-state index in [2.05, 4.69) is 42.9 Å². The van der Waals surface area contributed by atoms with Gasteiger partial charge in [0.25, 0.3) is 0 Å². The van der Waals surface area contributed by atoms with E-state index in [0.29, 0.717) is 18.5 Å². The number of halogens is 1. The summed E-state index contributed by atoms with van der Waals surface area (Å²) in [6.45, 7) is 8.83. The summed E-state index contributed by atoms with van der Waals surface area (Å²) in [6.07, 6.45) is 5.93. The van der Waals surface area contributed by atoms with E-state index < -0.39 is 0 Å². The number of rotatable bonds is 8. The average Bonchev–Trinajstić information content (AvgIpc) is 2.65. The number of hydrogen-bond acceptors (Lipinski definition) is 2. The van der Waals surface area contributed by atoms with E-state index in [1.165, 1.54) is 5.56 Å². The van der Waals surface area contributed by atoms with Crippen molar-refractivity contribution in [3.05, 3.63) is 77.1 Å². The first kappa shape index (κ1) is 19.2. The Labute approximate surface area is 155 Å². The molecule has 0 aliphatic heterocycles. The minimum atomic E-state index is -0.102. The van der Waals surface area contributed by atoms with E-state index in [-0.39, 0.29) is 11.3 Å². The van der Waals surface area contributed by atoms with E-state index in [1.807, 2.05) is 24.3 Å². The number of aromatic nitrogens is 1. The van der Waals surface area contributed by atoms with Gasteiger partial charge in [-0.05, 0) is 60.1 Å². The van der Waals surface area contributed by atoms with Gasteiger partial charge in [-0.2, -0.15) is 0 Å². The molecule has 2 rings (SSSR count). The zero-order valence-corrected chi connectivity index (χ0v) is 15.6. The second kappa shape index (κ2) is 8.82. The molecule has 0 radical (unpaired) electrons. The number of benzene rings is 1. The van der Waals surface area contributed by atoms with Crippen molar-refractivity contribution in [2.24, 2.45) is 0 Å². The molecule has 3 nitrogen and oxygen atoms in total. The standard InChI is InChI=1S/C21H25ClN2O/c1-4-21(5-2,18-6-8-19(22)9-7-18)14-16(3)20(25)24-15-17-10-12-23-13-11-17/h6-13H,3-5,14-15H2,1-2H3,(H,24,25). The highest BCUT2D eigenvalue weighted by Gasteiger charge is 2.30. The maximum absolute atomic E-state index is 12.5. The van der Waals surface area contributed by atoms with Crippen LogP contribution >= 0.6 is 11.6 Å². The molecule has 0 bridgehead atoms. The summed E-state index contributed by atoms with van der Waals surface area (Å²) in [7, 11) is 0. The highest BCUT2D eigenvalue weighted by molar-refractivity contribution is 6.30. The van der Waals surface area contributed by atoms with Gasteiger partial charge in [0.1, 0.15) is 0 Å². The molecule has 0 aliphatic rings. The number of carbonyl (C=O) groups is 1. The fraction of sp³-hybridized carbons (Fsp3) is 0.333. The molecule has 1 amide bonds. The second-order valence-corrected chi connectivity index (χ2v) is 6.75. The van der Waals surface area contributed by atoms with Crippen LogP contribution in [-0.2, 0) is 16.8 Å². The monoisotopic (exact) mass is 356 g/mol. The zero-order valence-electron chi connectivity index (χ0n) is 14.9. The summed E-state index contributed by atoms with van der Waals surface area (Å²) in [5.41, 5.74) is 2.72. The number of nitrogens with zero attached hydrogens (tertiary/aromatic N) is 1.